The lowest BCUT2D eigenvalue weighted by atomic mass is 9.95. The lowest BCUT2D eigenvalue weighted by molar-refractivity contribution is -0.384. The Morgan fingerprint density at radius 2 is 1.68 bits per heavy atom. The van der Waals surface area contributed by atoms with Gasteiger partial charge in [0, 0.05) is 17.7 Å². The van der Waals surface area contributed by atoms with E-state index in [1.54, 1.807) is 12.1 Å². The van der Waals surface area contributed by atoms with Crippen molar-refractivity contribution >= 4 is 12.0 Å². The van der Waals surface area contributed by atoms with E-state index in [2.05, 4.69) is 0 Å². The van der Waals surface area contributed by atoms with Crippen molar-refractivity contribution in [1.29, 1.82) is 0 Å². The summed E-state index contributed by atoms with van der Waals surface area (Å²) in [6.07, 6.45) is 0.835. The third-order valence-electron chi connectivity index (χ3n) is 3.13. The van der Waals surface area contributed by atoms with Crippen LogP contribution >= 0.6 is 0 Å². The number of nitro benzene ring substituents is 1. The highest BCUT2D eigenvalue weighted by Crippen LogP contribution is 2.27. The molecule has 0 aliphatic rings. The molecular formula is C15H13NO3. The zero-order valence-corrected chi connectivity index (χ0v) is 10.7. The largest absolute Gasteiger partial charge is 0.298 e. The van der Waals surface area contributed by atoms with Crippen molar-refractivity contribution in [1.82, 2.24) is 0 Å². The molecule has 0 spiro atoms. The zero-order chi connectivity index (χ0) is 14.0. The Morgan fingerprint density at radius 1 is 1.05 bits per heavy atom. The molecule has 0 aromatic heterocycles. The first kappa shape index (κ1) is 13.0. The van der Waals surface area contributed by atoms with Crippen molar-refractivity contribution in [2.75, 3.05) is 0 Å². The molecule has 2 aromatic rings. The minimum Gasteiger partial charge on any atom is -0.298 e. The summed E-state index contributed by atoms with van der Waals surface area (Å²) in [7, 11) is 0. The van der Waals surface area contributed by atoms with E-state index in [9.17, 15) is 14.9 Å². The molecule has 0 unspecified atom stereocenters. The van der Waals surface area contributed by atoms with Gasteiger partial charge >= 0.3 is 0 Å². The summed E-state index contributed by atoms with van der Waals surface area (Å²) >= 11 is 0. The van der Waals surface area contributed by atoms with E-state index in [-0.39, 0.29) is 5.69 Å². The zero-order valence-electron chi connectivity index (χ0n) is 10.7. The van der Waals surface area contributed by atoms with Crippen LogP contribution < -0.4 is 0 Å². The summed E-state index contributed by atoms with van der Waals surface area (Å²) < 4.78 is 0. The maximum atomic E-state index is 10.9. The molecular weight excluding hydrogens is 242 g/mol. The van der Waals surface area contributed by atoms with Crippen molar-refractivity contribution in [2.45, 2.75) is 13.8 Å². The van der Waals surface area contributed by atoms with Crippen LogP contribution in [0.3, 0.4) is 0 Å². The molecule has 0 radical (unpaired) electrons. The number of aldehydes is 1. The van der Waals surface area contributed by atoms with Crippen LogP contribution in [-0.2, 0) is 0 Å². The van der Waals surface area contributed by atoms with Crippen LogP contribution in [0, 0.1) is 24.0 Å². The molecule has 2 aromatic carbocycles. The van der Waals surface area contributed by atoms with Crippen LogP contribution in [0.25, 0.3) is 11.1 Å². The number of carbonyl (C=O) groups excluding carboxylic acids is 1. The second kappa shape index (κ2) is 5.02. The van der Waals surface area contributed by atoms with Gasteiger partial charge in [-0.25, -0.2) is 0 Å². The number of carbonyl (C=O) groups is 1. The summed E-state index contributed by atoms with van der Waals surface area (Å²) in [5.74, 6) is 0. The van der Waals surface area contributed by atoms with Crippen LogP contribution in [0.2, 0.25) is 0 Å². The molecule has 2 rings (SSSR count). The van der Waals surface area contributed by atoms with E-state index in [4.69, 9.17) is 0 Å². The van der Waals surface area contributed by atoms with Crippen molar-refractivity contribution in [3.63, 3.8) is 0 Å². The Balaban J connectivity index is 2.49. The minimum atomic E-state index is -0.419. The normalized spacial score (nSPS) is 10.2. The summed E-state index contributed by atoms with van der Waals surface area (Å²) in [5, 5.41) is 10.6. The molecule has 0 bridgehead atoms. The first-order valence-corrected chi connectivity index (χ1v) is 5.84. The van der Waals surface area contributed by atoms with Gasteiger partial charge in [0.25, 0.3) is 5.69 Å². The third kappa shape index (κ3) is 2.52. The average Bonchev–Trinajstić information content (AvgIpc) is 2.41. The number of benzene rings is 2. The number of non-ortho nitro benzene ring substituents is 1. The average molecular weight is 255 g/mol. The molecule has 96 valence electrons. The Labute approximate surface area is 110 Å². The van der Waals surface area contributed by atoms with Gasteiger partial charge in [0.1, 0.15) is 6.29 Å². The van der Waals surface area contributed by atoms with Crippen LogP contribution in [0.4, 0.5) is 5.69 Å². The SMILES string of the molecule is Cc1cc(-c2ccc([N+](=O)[O-])cc2)c(C)cc1C=O. The van der Waals surface area contributed by atoms with Gasteiger partial charge < -0.3 is 0 Å². The van der Waals surface area contributed by atoms with Gasteiger partial charge in [0.05, 0.1) is 4.92 Å². The maximum absolute atomic E-state index is 10.9. The third-order valence-corrected chi connectivity index (χ3v) is 3.13. The first-order valence-electron chi connectivity index (χ1n) is 5.84. The number of hydrogen-bond acceptors (Lipinski definition) is 3. The molecule has 19 heavy (non-hydrogen) atoms. The fourth-order valence-electron chi connectivity index (χ4n) is 2.04. The predicted octanol–water partition coefficient (Wildman–Crippen LogP) is 3.69. The first-order chi connectivity index (χ1) is 9.02. The standard InChI is InChI=1S/C15H13NO3/c1-10-8-15(11(2)7-13(10)9-17)12-3-5-14(6-4-12)16(18)19/h3-9H,1-2H3. The highest BCUT2D eigenvalue weighted by molar-refractivity contribution is 5.81. The highest BCUT2D eigenvalue weighted by Gasteiger charge is 2.09. The molecule has 0 fully saturated rings. The molecule has 4 heteroatoms. The van der Waals surface area contributed by atoms with Crippen molar-refractivity contribution in [3.05, 3.63) is 63.2 Å². The highest BCUT2D eigenvalue weighted by atomic mass is 16.6. The maximum Gasteiger partial charge on any atom is 0.269 e. The topological polar surface area (TPSA) is 60.2 Å². The molecule has 0 aliphatic carbocycles. The second-order valence-corrected chi connectivity index (χ2v) is 4.45. The van der Waals surface area contributed by atoms with E-state index in [0.29, 0.717) is 5.56 Å². The fraction of sp³-hybridized carbons (Fsp3) is 0.133. The van der Waals surface area contributed by atoms with Gasteiger partial charge in [-0.15, -0.1) is 0 Å². The molecule has 4 nitrogen and oxygen atoms in total. The number of aryl methyl sites for hydroxylation is 2. The quantitative estimate of drug-likeness (QED) is 0.477. The van der Waals surface area contributed by atoms with Crippen molar-refractivity contribution in [2.24, 2.45) is 0 Å². The van der Waals surface area contributed by atoms with Gasteiger partial charge in [-0.1, -0.05) is 6.07 Å². The molecule has 0 heterocycles. The van der Waals surface area contributed by atoms with E-state index in [1.165, 1.54) is 12.1 Å². The van der Waals surface area contributed by atoms with Crippen LogP contribution in [0.1, 0.15) is 21.5 Å². The lowest BCUT2D eigenvalue weighted by Gasteiger charge is -2.09. The smallest absolute Gasteiger partial charge is 0.269 e. The number of nitro groups is 1. The van der Waals surface area contributed by atoms with Gasteiger partial charge in [0.15, 0.2) is 0 Å². The number of rotatable bonds is 3. The predicted molar refractivity (Wildman–Crippen MR) is 73.4 cm³/mol. The second-order valence-electron chi connectivity index (χ2n) is 4.45. The van der Waals surface area contributed by atoms with E-state index < -0.39 is 4.92 Å². The summed E-state index contributed by atoms with van der Waals surface area (Å²) in [6, 6.07) is 10.2. The van der Waals surface area contributed by atoms with Crippen LogP contribution in [-0.4, -0.2) is 11.2 Å². The summed E-state index contributed by atoms with van der Waals surface area (Å²) in [4.78, 5) is 21.1. The van der Waals surface area contributed by atoms with E-state index in [1.807, 2.05) is 26.0 Å². The van der Waals surface area contributed by atoms with Gasteiger partial charge in [0.2, 0.25) is 0 Å². The van der Waals surface area contributed by atoms with Crippen molar-refractivity contribution < 1.29 is 9.72 Å². The van der Waals surface area contributed by atoms with E-state index >= 15 is 0 Å². The number of hydrogen-bond donors (Lipinski definition) is 0. The minimum absolute atomic E-state index is 0.0719. The molecule has 0 amide bonds. The molecule has 0 N–H and O–H groups in total. The van der Waals surface area contributed by atoms with E-state index in [0.717, 1.165) is 28.5 Å². The van der Waals surface area contributed by atoms with Gasteiger partial charge in [-0.05, 0) is 54.3 Å². The molecule has 0 atom stereocenters. The Hall–Kier alpha value is -2.49. The lowest BCUT2D eigenvalue weighted by Crippen LogP contribution is -1.92. The Kier molecular flexibility index (Phi) is 3.42. The Bertz CT molecular complexity index is 645. The summed E-state index contributed by atoms with van der Waals surface area (Å²) in [5.41, 5.74) is 4.50. The monoisotopic (exact) mass is 255 g/mol. The number of nitrogens with zero attached hydrogens (tertiary/aromatic N) is 1. The summed E-state index contributed by atoms with van der Waals surface area (Å²) in [6.45, 7) is 3.79. The molecule has 0 aliphatic heterocycles. The van der Waals surface area contributed by atoms with Crippen molar-refractivity contribution in [3.8, 4) is 11.1 Å². The Morgan fingerprint density at radius 3 is 2.21 bits per heavy atom. The molecule has 0 saturated heterocycles. The van der Waals surface area contributed by atoms with Gasteiger partial charge in [-0.3, -0.25) is 14.9 Å². The van der Waals surface area contributed by atoms with Crippen LogP contribution in [0.5, 0.6) is 0 Å². The fourth-order valence-corrected chi connectivity index (χ4v) is 2.04. The van der Waals surface area contributed by atoms with Crippen LogP contribution in [0.15, 0.2) is 36.4 Å². The van der Waals surface area contributed by atoms with Gasteiger partial charge in [-0.2, -0.15) is 0 Å². The molecule has 0 saturated carbocycles.